The molecule has 1 amide bonds. The SMILES string of the molecule is COc1ccc(/C=C/C(=O)NCCN2CCN(c3ccc(F)cc3)CC2)cc1OC. The number of ether oxygens (including phenoxy) is 2. The summed E-state index contributed by atoms with van der Waals surface area (Å²) >= 11 is 0. The summed E-state index contributed by atoms with van der Waals surface area (Å²) in [5, 5.41) is 2.92. The van der Waals surface area contributed by atoms with Crippen LogP contribution in [-0.4, -0.2) is 64.3 Å². The van der Waals surface area contributed by atoms with E-state index < -0.39 is 0 Å². The van der Waals surface area contributed by atoms with Crippen molar-refractivity contribution in [3.63, 3.8) is 0 Å². The van der Waals surface area contributed by atoms with E-state index in [2.05, 4.69) is 15.1 Å². The van der Waals surface area contributed by atoms with E-state index in [0.29, 0.717) is 18.0 Å². The van der Waals surface area contributed by atoms with Gasteiger partial charge in [-0.25, -0.2) is 4.39 Å². The largest absolute Gasteiger partial charge is 0.493 e. The molecule has 0 radical (unpaired) electrons. The summed E-state index contributed by atoms with van der Waals surface area (Å²) < 4.78 is 23.5. The Bertz CT molecular complexity index is 862. The van der Waals surface area contributed by atoms with Crippen LogP contribution in [0.1, 0.15) is 5.56 Å². The molecule has 6 nitrogen and oxygen atoms in total. The molecule has 1 saturated heterocycles. The van der Waals surface area contributed by atoms with Gasteiger partial charge in [0.15, 0.2) is 11.5 Å². The Morgan fingerprint density at radius 1 is 1.03 bits per heavy atom. The summed E-state index contributed by atoms with van der Waals surface area (Å²) in [6.07, 6.45) is 3.27. The Labute approximate surface area is 176 Å². The smallest absolute Gasteiger partial charge is 0.244 e. The molecule has 1 aliphatic rings. The summed E-state index contributed by atoms with van der Waals surface area (Å²) in [6, 6.07) is 12.1. The number of hydrogen-bond donors (Lipinski definition) is 1. The van der Waals surface area contributed by atoms with Gasteiger partial charge in [-0.1, -0.05) is 6.07 Å². The van der Waals surface area contributed by atoms with Crippen LogP contribution in [0.2, 0.25) is 0 Å². The predicted molar refractivity (Wildman–Crippen MR) is 117 cm³/mol. The van der Waals surface area contributed by atoms with E-state index >= 15 is 0 Å². The fourth-order valence-electron chi connectivity index (χ4n) is 3.41. The van der Waals surface area contributed by atoms with Crippen LogP contribution >= 0.6 is 0 Å². The number of benzene rings is 2. The Hall–Kier alpha value is -3.06. The number of carbonyl (C=O) groups excluding carboxylic acids is 1. The number of piperazine rings is 1. The van der Waals surface area contributed by atoms with Crippen LogP contribution in [0, 0.1) is 5.82 Å². The molecule has 2 aromatic rings. The molecule has 2 aromatic carbocycles. The van der Waals surface area contributed by atoms with Gasteiger partial charge in [0.05, 0.1) is 14.2 Å². The zero-order chi connectivity index (χ0) is 21.3. The number of methoxy groups -OCH3 is 2. The van der Waals surface area contributed by atoms with Gasteiger partial charge < -0.3 is 19.7 Å². The van der Waals surface area contributed by atoms with Crippen LogP contribution in [0.4, 0.5) is 10.1 Å². The fourth-order valence-corrected chi connectivity index (χ4v) is 3.41. The Morgan fingerprint density at radius 3 is 2.40 bits per heavy atom. The van der Waals surface area contributed by atoms with Crippen molar-refractivity contribution in [2.24, 2.45) is 0 Å². The number of anilines is 1. The van der Waals surface area contributed by atoms with E-state index in [1.807, 2.05) is 30.3 Å². The average molecular weight is 413 g/mol. The molecular weight excluding hydrogens is 385 g/mol. The van der Waals surface area contributed by atoms with Crippen LogP contribution in [0.15, 0.2) is 48.5 Å². The van der Waals surface area contributed by atoms with Crippen molar-refractivity contribution < 1.29 is 18.7 Å². The monoisotopic (exact) mass is 413 g/mol. The van der Waals surface area contributed by atoms with Gasteiger partial charge in [0.2, 0.25) is 5.91 Å². The Kier molecular flexibility index (Phi) is 7.68. The Balaban J connectivity index is 1.39. The number of hydrogen-bond acceptors (Lipinski definition) is 5. The first-order valence-corrected chi connectivity index (χ1v) is 10.00. The molecule has 30 heavy (non-hydrogen) atoms. The van der Waals surface area contributed by atoms with Crippen molar-refractivity contribution in [2.45, 2.75) is 0 Å². The maximum atomic E-state index is 13.1. The van der Waals surface area contributed by atoms with E-state index in [9.17, 15) is 9.18 Å². The standard InChI is InChI=1S/C23H28FN3O3/c1-29-21-9-3-18(17-22(21)30-2)4-10-23(28)25-11-12-26-13-15-27(16-14-26)20-7-5-19(24)6-8-20/h3-10,17H,11-16H2,1-2H3,(H,25,28)/b10-4+. The second-order valence-electron chi connectivity index (χ2n) is 7.04. The summed E-state index contributed by atoms with van der Waals surface area (Å²) in [5.41, 5.74) is 1.91. The lowest BCUT2D eigenvalue weighted by Crippen LogP contribution is -2.48. The van der Waals surface area contributed by atoms with Crippen molar-refractivity contribution in [1.82, 2.24) is 10.2 Å². The molecule has 0 bridgehead atoms. The van der Waals surface area contributed by atoms with Gasteiger partial charge in [-0.15, -0.1) is 0 Å². The predicted octanol–water partition coefficient (Wildman–Crippen LogP) is 2.79. The van der Waals surface area contributed by atoms with E-state index in [0.717, 1.165) is 44.0 Å². The van der Waals surface area contributed by atoms with Crippen LogP contribution in [0.25, 0.3) is 6.08 Å². The van der Waals surface area contributed by atoms with Gasteiger partial charge in [-0.05, 0) is 48.0 Å². The molecule has 1 N–H and O–H groups in total. The van der Waals surface area contributed by atoms with Crippen molar-refractivity contribution in [3.8, 4) is 11.5 Å². The number of nitrogens with zero attached hydrogens (tertiary/aromatic N) is 2. The maximum absolute atomic E-state index is 13.1. The molecule has 3 rings (SSSR count). The topological polar surface area (TPSA) is 54.0 Å². The second kappa shape index (κ2) is 10.6. The molecule has 0 aromatic heterocycles. The van der Waals surface area contributed by atoms with Gasteiger partial charge in [0, 0.05) is 51.0 Å². The third-order valence-electron chi connectivity index (χ3n) is 5.13. The van der Waals surface area contributed by atoms with Crippen LogP contribution in [-0.2, 0) is 4.79 Å². The number of amides is 1. The minimum absolute atomic E-state index is 0.130. The van der Waals surface area contributed by atoms with E-state index in [-0.39, 0.29) is 11.7 Å². The molecule has 0 spiro atoms. The summed E-state index contributed by atoms with van der Waals surface area (Å²) in [6.45, 7) is 4.99. The highest BCUT2D eigenvalue weighted by Gasteiger charge is 2.16. The quantitative estimate of drug-likeness (QED) is 0.675. The first-order valence-electron chi connectivity index (χ1n) is 10.00. The molecule has 7 heteroatoms. The second-order valence-corrected chi connectivity index (χ2v) is 7.04. The first-order chi connectivity index (χ1) is 14.6. The molecule has 0 saturated carbocycles. The van der Waals surface area contributed by atoms with E-state index in [1.165, 1.54) is 18.2 Å². The minimum Gasteiger partial charge on any atom is -0.493 e. The third kappa shape index (κ3) is 5.97. The Morgan fingerprint density at radius 2 is 1.73 bits per heavy atom. The molecule has 0 aliphatic carbocycles. The lowest BCUT2D eigenvalue weighted by molar-refractivity contribution is -0.116. The molecule has 0 unspecified atom stereocenters. The van der Waals surface area contributed by atoms with E-state index in [1.54, 1.807) is 20.3 Å². The van der Waals surface area contributed by atoms with Crippen molar-refractivity contribution in [1.29, 1.82) is 0 Å². The number of rotatable bonds is 8. The van der Waals surface area contributed by atoms with Crippen LogP contribution in [0.5, 0.6) is 11.5 Å². The fraction of sp³-hybridized carbons (Fsp3) is 0.348. The van der Waals surface area contributed by atoms with Gasteiger partial charge in [-0.2, -0.15) is 0 Å². The van der Waals surface area contributed by atoms with Crippen molar-refractivity contribution >= 4 is 17.7 Å². The maximum Gasteiger partial charge on any atom is 0.244 e. The highest BCUT2D eigenvalue weighted by Crippen LogP contribution is 2.27. The highest BCUT2D eigenvalue weighted by atomic mass is 19.1. The van der Waals surface area contributed by atoms with Crippen LogP contribution in [0.3, 0.4) is 0 Å². The van der Waals surface area contributed by atoms with E-state index in [4.69, 9.17) is 9.47 Å². The molecule has 1 fully saturated rings. The summed E-state index contributed by atoms with van der Waals surface area (Å²) in [7, 11) is 3.17. The van der Waals surface area contributed by atoms with Gasteiger partial charge >= 0.3 is 0 Å². The first kappa shape index (κ1) is 21.6. The van der Waals surface area contributed by atoms with Gasteiger partial charge in [0.25, 0.3) is 0 Å². The molecular formula is C23H28FN3O3. The summed E-state index contributed by atoms with van der Waals surface area (Å²) in [5.74, 6) is 0.932. The third-order valence-corrected chi connectivity index (χ3v) is 5.13. The zero-order valence-electron chi connectivity index (χ0n) is 17.4. The van der Waals surface area contributed by atoms with Crippen LogP contribution < -0.4 is 19.7 Å². The normalized spacial score (nSPS) is 14.7. The van der Waals surface area contributed by atoms with Crippen molar-refractivity contribution in [2.75, 3.05) is 58.4 Å². The summed E-state index contributed by atoms with van der Waals surface area (Å²) in [4.78, 5) is 16.7. The molecule has 1 aliphatic heterocycles. The van der Waals surface area contributed by atoms with Crippen molar-refractivity contribution in [3.05, 3.63) is 59.9 Å². The lowest BCUT2D eigenvalue weighted by atomic mass is 10.2. The zero-order valence-corrected chi connectivity index (χ0v) is 17.4. The lowest BCUT2D eigenvalue weighted by Gasteiger charge is -2.36. The average Bonchev–Trinajstić information content (AvgIpc) is 2.78. The molecule has 160 valence electrons. The van der Waals surface area contributed by atoms with Gasteiger partial charge in [-0.3, -0.25) is 9.69 Å². The number of nitrogens with one attached hydrogen (secondary N) is 1. The molecule has 0 atom stereocenters. The minimum atomic E-state index is -0.215. The number of halogens is 1. The molecule has 1 heterocycles. The highest BCUT2D eigenvalue weighted by molar-refractivity contribution is 5.91. The number of carbonyl (C=O) groups is 1. The van der Waals surface area contributed by atoms with Gasteiger partial charge in [0.1, 0.15) is 5.82 Å².